The molecule has 1 N–H and O–H groups in total. The van der Waals surface area contributed by atoms with Crippen molar-refractivity contribution in [2.24, 2.45) is 5.92 Å². The third-order valence-electron chi connectivity index (χ3n) is 5.70. The van der Waals surface area contributed by atoms with E-state index in [1.165, 1.54) is 6.07 Å². The van der Waals surface area contributed by atoms with E-state index in [0.717, 1.165) is 17.1 Å². The first-order valence-corrected chi connectivity index (χ1v) is 10.4. The first-order chi connectivity index (χ1) is 15.0. The smallest absolute Gasteiger partial charge is 0.225 e. The van der Waals surface area contributed by atoms with Crippen molar-refractivity contribution in [3.05, 3.63) is 83.7 Å². The molecule has 3 aromatic rings. The van der Waals surface area contributed by atoms with Gasteiger partial charge in [0.15, 0.2) is 0 Å². The van der Waals surface area contributed by atoms with Gasteiger partial charge in [-0.3, -0.25) is 9.59 Å². The van der Waals surface area contributed by atoms with E-state index < -0.39 is 0 Å². The molecular formula is C24H25FN4O2. The van der Waals surface area contributed by atoms with Gasteiger partial charge in [-0.25, -0.2) is 9.37 Å². The van der Waals surface area contributed by atoms with Crippen molar-refractivity contribution in [1.82, 2.24) is 19.8 Å². The summed E-state index contributed by atoms with van der Waals surface area (Å²) in [5.74, 6) is 0.152. The Morgan fingerprint density at radius 1 is 1.19 bits per heavy atom. The SMILES string of the molecule is Cc1nccn1-c1ccc(CNC(=O)[C@@H]2CCC(=O)N(Cc3ccccc3F)C2)cc1. The third kappa shape index (κ3) is 4.82. The normalized spacial score (nSPS) is 16.4. The molecule has 0 bridgehead atoms. The van der Waals surface area contributed by atoms with Crippen molar-refractivity contribution < 1.29 is 14.0 Å². The Morgan fingerprint density at radius 2 is 1.97 bits per heavy atom. The molecule has 1 aliphatic rings. The van der Waals surface area contributed by atoms with Gasteiger partial charge >= 0.3 is 0 Å². The molecule has 1 saturated heterocycles. The molecule has 2 aromatic carbocycles. The largest absolute Gasteiger partial charge is 0.352 e. The molecule has 2 heterocycles. The van der Waals surface area contributed by atoms with E-state index in [0.29, 0.717) is 31.5 Å². The monoisotopic (exact) mass is 420 g/mol. The van der Waals surface area contributed by atoms with Crippen LogP contribution in [0.3, 0.4) is 0 Å². The Morgan fingerprint density at radius 3 is 2.68 bits per heavy atom. The van der Waals surface area contributed by atoms with Crippen LogP contribution in [0.5, 0.6) is 0 Å². The maximum atomic E-state index is 14.0. The number of halogens is 1. The number of carbonyl (C=O) groups is 2. The topological polar surface area (TPSA) is 67.2 Å². The van der Waals surface area contributed by atoms with Gasteiger partial charge in [0.05, 0.1) is 5.92 Å². The Hall–Kier alpha value is -3.48. The molecule has 0 saturated carbocycles. The second-order valence-corrected chi connectivity index (χ2v) is 7.83. The standard InChI is InChI=1S/C24H25FN4O2/c1-17-26-12-13-29(17)21-9-6-18(7-10-21)14-27-24(31)20-8-11-23(30)28(16-20)15-19-4-2-3-5-22(19)25/h2-7,9-10,12-13,20H,8,11,14-16H2,1H3,(H,27,31)/t20-/m1/s1. The molecule has 2 amide bonds. The summed E-state index contributed by atoms with van der Waals surface area (Å²) in [7, 11) is 0. The molecular weight excluding hydrogens is 395 g/mol. The van der Waals surface area contributed by atoms with Crippen molar-refractivity contribution in [2.75, 3.05) is 6.54 Å². The van der Waals surface area contributed by atoms with Crippen LogP contribution in [-0.2, 0) is 22.7 Å². The number of rotatable bonds is 6. The highest BCUT2D eigenvalue weighted by molar-refractivity contribution is 5.83. The summed E-state index contributed by atoms with van der Waals surface area (Å²) in [4.78, 5) is 30.8. The Balaban J connectivity index is 1.33. The van der Waals surface area contributed by atoms with Crippen LogP contribution < -0.4 is 5.32 Å². The summed E-state index contributed by atoms with van der Waals surface area (Å²) >= 11 is 0. The predicted octanol–water partition coefficient (Wildman–Crippen LogP) is 3.37. The lowest BCUT2D eigenvalue weighted by atomic mass is 9.96. The summed E-state index contributed by atoms with van der Waals surface area (Å²) in [5, 5.41) is 2.97. The van der Waals surface area contributed by atoms with Crippen LogP contribution >= 0.6 is 0 Å². The predicted molar refractivity (Wildman–Crippen MR) is 115 cm³/mol. The molecule has 1 fully saturated rings. The van der Waals surface area contributed by atoms with Gasteiger partial charge in [-0.1, -0.05) is 30.3 Å². The van der Waals surface area contributed by atoms with Gasteiger partial charge in [-0.2, -0.15) is 0 Å². The number of aromatic nitrogens is 2. The summed E-state index contributed by atoms with van der Waals surface area (Å²) in [6.07, 6.45) is 4.47. The van der Waals surface area contributed by atoms with Crippen molar-refractivity contribution >= 4 is 11.8 Å². The number of amides is 2. The highest BCUT2D eigenvalue weighted by Crippen LogP contribution is 2.21. The van der Waals surface area contributed by atoms with Crippen LogP contribution in [0.2, 0.25) is 0 Å². The zero-order valence-corrected chi connectivity index (χ0v) is 17.4. The number of hydrogen-bond donors (Lipinski definition) is 1. The number of aryl methyl sites for hydroxylation is 1. The van der Waals surface area contributed by atoms with Gasteiger partial charge in [0.1, 0.15) is 11.6 Å². The lowest BCUT2D eigenvalue weighted by Crippen LogP contribution is -2.45. The van der Waals surface area contributed by atoms with Crippen molar-refractivity contribution in [2.45, 2.75) is 32.9 Å². The number of imidazole rings is 1. The number of nitrogens with zero attached hydrogens (tertiary/aromatic N) is 3. The van der Waals surface area contributed by atoms with E-state index in [9.17, 15) is 14.0 Å². The molecule has 1 atom stereocenters. The fraction of sp³-hybridized carbons (Fsp3) is 0.292. The second-order valence-electron chi connectivity index (χ2n) is 7.83. The van der Waals surface area contributed by atoms with Crippen LogP contribution in [-0.4, -0.2) is 32.8 Å². The zero-order valence-electron chi connectivity index (χ0n) is 17.4. The summed E-state index contributed by atoms with van der Waals surface area (Å²) < 4.78 is 15.9. The zero-order chi connectivity index (χ0) is 21.8. The lowest BCUT2D eigenvalue weighted by Gasteiger charge is -2.32. The third-order valence-corrected chi connectivity index (χ3v) is 5.70. The molecule has 0 unspecified atom stereocenters. The summed E-state index contributed by atoms with van der Waals surface area (Å²) in [5.41, 5.74) is 2.47. The summed E-state index contributed by atoms with van der Waals surface area (Å²) in [6.45, 7) is 2.85. The molecule has 31 heavy (non-hydrogen) atoms. The number of hydrogen-bond acceptors (Lipinski definition) is 3. The average molecular weight is 420 g/mol. The van der Waals surface area contributed by atoms with Gasteiger partial charge < -0.3 is 14.8 Å². The highest BCUT2D eigenvalue weighted by Gasteiger charge is 2.30. The summed E-state index contributed by atoms with van der Waals surface area (Å²) in [6, 6.07) is 14.4. The van der Waals surface area contributed by atoms with Gasteiger partial charge in [-0.15, -0.1) is 0 Å². The molecule has 0 radical (unpaired) electrons. The van der Waals surface area contributed by atoms with Gasteiger partial charge in [0, 0.05) is 49.7 Å². The maximum absolute atomic E-state index is 14.0. The molecule has 6 nitrogen and oxygen atoms in total. The lowest BCUT2D eigenvalue weighted by molar-refractivity contribution is -0.139. The van der Waals surface area contributed by atoms with E-state index in [1.807, 2.05) is 42.0 Å². The first-order valence-electron chi connectivity index (χ1n) is 10.4. The van der Waals surface area contributed by atoms with Crippen molar-refractivity contribution in [3.8, 4) is 5.69 Å². The van der Waals surface area contributed by atoms with Crippen LogP contribution in [0, 0.1) is 18.7 Å². The van der Waals surface area contributed by atoms with Gasteiger partial charge in [0.25, 0.3) is 0 Å². The van der Waals surface area contributed by atoms with E-state index in [-0.39, 0.29) is 30.1 Å². The quantitative estimate of drug-likeness (QED) is 0.665. The van der Waals surface area contributed by atoms with Gasteiger partial charge in [-0.05, 0) is 37.1 Å². The highest BCUT2D eigenvalue weighted by atomic mass is 19.1. The van der Waals surface area contributed by atoms with Crippen LogP contribution in [0.1, 0.15) is 29.8 Å². The minimum atomic E-state index is -0.337. The molecule has 4 rings (SSSR count). The van der Waals surface area contributed by atoms with E-state index in [4.69, 9.17) is 0 Å². The number of nitrogens with one attached hydrogen (secondary N) is 1. The Bertz CT molecular complexity index is 1080. The van der Waals surface area contributed by atoms with Crippen LogP contribution in [0.4, 0.5) is 4.39 Å². The van der Waals surface area contributed by atoms with Crippen molar-refractivity contribution in [1.29, 1.82) is 0 Å². The number of benzene rings is 2. The van der Waals surface area contributed by atoms with E-state index in [2.05, 4.69) is 10.3 Å². The first kappa shape index (κ1) is 20.8. The maximum Gasteiger partial charge on any atom is 0.225 e. The fourth-order valence-corrected chi connectivity index (χ4v) is 3.87. The van der Waals surface area contributed by atoms with Crippen LogP contribution in [0.15, 0.2) is 60.9 Å². The van der Waals surface area contributed by atoms with Crippen LogP contribution in [0.25, 0.3) is 5.69 Å². The molecule has 0 spiro atoms. The van der Waals surface area contributed by atoms with E-state index >= 15 is 0 Å². The Kier molecular flexibility index (Phi) is 6.11. The fourth-order valence-electron chi connectivity index (χ4n) is 3.87. The second kappa shape index (κ2) is 9.12. The molecule has 0 aliphatic carbocycles. The minimum Gasteiger partial charge on any atom is -0.352 e. The Labute approximate surface area is 180 Å². The average Bonchev–Trinajstić information content (AvgIpc) is 3.21. The number of carbonyl (C=O) groups excluding carboxylic acids is 2. The number of piperidine rings is 1. The molecule has 7 heteroatoms. The minimum absolute atomic E-state index is 0.0438. The molecule has 1 aromatic heterocycles. The van der Waals surface area contributed by atoms with Crippen molar-refractivity contribution in [3.63, 3.8) is 0 Å². The molecule has 1 aliphatic heterocycles. The molecule has 160 valence electrons. The van der Waals surface area contributed by atoms with E-state index in [1.54, 1.807) is 29.3 Å². The van der Waals surface area contributed by atoms with Gasteiger partial charge in [0.2, 0.25) is 11.8 Å². The number of likely N-dealkylation sites (tertiary alicyclic amines) is 1.